The van der Waals surface area contributed by atoms with Gasteiger partial charge in [0.15, 0.2) is 0 Å². The van der Waals surface area contributed by atoms with Crippen molar-refractivity contribution in [3.63, 3.8) is 0 Å². The largest absolute Gasteiger partial charge is 1.00 e. The van der Waals surface area contributed by atoms with E-state index < -0.39 is 26.8 Å². The second kappa shape index (κ2) is 10.8. The third kappa shape index (κ3) is 6.69. The monoisotopic (exact) mass is 424 g/mol. The van der Waals surface area contributed by atoms with Gasteiger partial charge < -0.3 is 18.8 Å². The maximum Gasteiger partial charge on any atom is 1.00 e. The van der Waals surface area contributed by atoms with Crippen molar-refractivity contribution in [2.75, 3.05) is 13.2 Å². The minimum Gasteiger partial charge on any atom is -0.745 e. The molecule has 8 heteroatoms. The first-order chi connectivity index (χ1) is 12.3. The van der Waals surface area contributed by atoms with Gasteiger partial charge in [0.2, 0.25) is 6.29 Å². The molecule has 0 saturated heterocycles. The zero-order valence-electron chi connectivity index (χ0n) is 18.4. The summed E-state index contributed by atoms with van der Waals surface area (Å²) < 4.78 is 55.5. The minimum absolute atomic E-state index is 0. The summed E-state index contributed by atoms with van der Waals surface area (Å²) in [6.07, 6.45) is -0.974. The van der Waals surface area contributed by atoms with E-state index in [1.165, 1.54) is 0 Å². The molecule has 0 N–H and O–H groups in total. The van der Waals surface area contributed by atoms with E-state index in [9.17, 15) is 13.0 Å². The smallest absolute Gasteiger partial charge is 0.745 e. The molecule has 0 radical (unpaired) electrons. The summed E-state index contributed by atoms with van der Waals surface area (Å²) in [4.78, 5) is -2.26. The topological polar surface area (TPSA) is 84.9 Å². The Labute approximate surface area is 192 Å². The van der Waals surface area contributed by atoms with Crippen LogP contribution in [0.2, 0.25) is 0 Å². The van der Waals surface area contributed by atoms with Gasteiger partial charge in [-0.05, 0) is 37.8 Å². The quantitative estimate of drug-likeness (QED) is 0.319. The van der Waals surface area contributed by atoms with Gasteiger partial charge in [-0.2, -0.15) is 0 Å². The third-order valence-corrected chi connectivity index (χ3v) is 5.82. The molecular formula is C20H33NaO6S. The molecule has 0 heterocycles. The summed E-state index contributed by atoms with van der Waals surface area (Å²) in [5.41, 5.74) is -1.38. The maximum absolute atomic E-state index is 12.7. The molecule has 0 saturated carbocycles. The first kappa shape index (κ1) is 27.8. The van der Waals surface area contributed by atoms with Crippen LogP contribution in [0.5, 0.6) is 5.75 Å². The Morgan fingerprint density at radius 3 is 1.79 bits per heavy atom. The predicted molar refractivity (Wildman–Crippen MR) is 104 cm³/mol. The van der Waals surface area contributed by atoms with E-state index in [0.29, 0.717) is 6.42 Å². The van der Waals surface area contributed by atoms with Crippen molar-refractivity contribution in [1.29, 1.82) is 0 Å². The molecule has 0 amide bonds. The van der Waals surface area contributed by atoms with E-state index in [-0.39, 0.29) is 53.9 Å². The molecule has 1 rings (SSSR count). The van der Waals surface area contributed by atoms with E-state index in [4.69, 9.17) is 14.2 Å². The molecule has 0 aliphatic rings. The fourth-order valence-electron chi connectivity index (χ4n) is 3.70. The van der Waals surface area contributed by atoms with Gasteiger partial charge in [0, 0.05) is 18.6 Å². The molecule has 156 valence electrons. The van der Waals surface area contributed by atoms with Gasteiger partial charge in [-0.25, -0.2) is 8.42 Å². The summed E-state index contributed by atoms with van der Waals surface area (Å²) >= 11 is 0. The van der Waals surface area contributed by atoms with Crippen molar-refractivity contribution in [1.82, 2.24) is 0 Å². The Morgan fingerprint density at radius 1 is 0.964 bits per heavy atom. The number of rotatable bonds is 10. The summed E-state index contributed by atoms with van der Waals surface area (Å²) in [5, 5.41) is 0. The maximum atomic E-state index is 12.7. The van der Waals surface area contributed by atoms with Crippen LogP contribution in [-0.4, -0.2) is 37.4 Å². The fraction of sp³-hybridized carbons (Fsp3) is 0.700. The van der Waals surface area contributed by atoms with Crippen LogP contribution in [0.3, 0.4) is 0 Å². The SMILES string of the molecule is CCOC(OCC)C(Oc1ccccc1)(C(C)(C)CC(C)(C)C)S(=O)(=O)[O-].[Na+]. The number of para-hydroxylation sites is 1. The van der Waals surface area contributed by atoms with E-state index in [2.05, 4.69) is 0 Å². The van der Waals surface area contributed by atoms with Crippen LogP contribution in [0, 0.1) is 10.8 Å². The van der Waals surface area contributed by atoms with E-state index >= 15 is 0 Å². The molecule has 0 aliphatic carbocycles. The van der Waals surface area contributed by atoms with E-state index in [0.717, 1.165) is 0 Å². The number of hydrogen-bond acceptors (Lipinski definition) is 6. The molecule has 0 aliphatic heterocycles. The molecule has 0 spiro atoms. The number of ether oxygens (including phenoxy) is 3. The Morgan fingerprint density at radius 2 is 1.43 bits per heavy atom. The molecule has 0 fully saturated rings. The van der Waals surface area contributed by atoms with Gasteiger partial charge in [-0.1, -0.05) is 52.8 Å². The molecular weight excluding hydrogens is 391 g/mol. The summed E-state index contributed by atoms with van der Waals surface area (Å²) in [6, 6.07) is 8.43. The van der Waals surface area contributed by atoms with Gasteiger partial charge in [0.05, 0.1) is 0 Å². The summed E-state index contributed by atoms with van der Waals surface area (Å²) in [5.74, 6) is 0.267. The van der Waals surface area contributed by atoms with Gasteiger partial charge >= 0.3 is 29.6 Å². The zero-order chi connectivity index (χ0) is 20.9. The minimum atomic E-state index is -5.02. The molecule has 1 unspecified atom stereocenters. The zero-order valence-corrected chi connectivity index (χ0v) is 21.3. The average molecular weight is 425 g/mol. The molecule has 0 bridgehead atoms. The molecule has 6 nitrogen and oxygen atoms in total. The Balaban J connectivity index is 0.00000729. The molecule has 0 aromatic heterocycles. The van der Waals surface area contributed by atoms with Crippen LogP contribution in [0.1, 0.15) is 54.9 Å². The predicted octanol–water partition coefficient (Wildman–Crippen LogP) is 1.17. The van der Waals surface area contributed by atoms with Crippen LogP contribution >= 0.6 is 0 Å². The van der Waals surface area contributed by atoms with Gasteiger partial charge in [0.1, 0.15) is 15.9 Å². The van der Waals surface area contributed by atoms with Crippen molar-refractivity contribution < 1.29 is 56.7 Å². The first-order valence-corrected chi connectivity index (χ1v) is 10.6. The number of hydrogen-bond donors (Lipinski definition) is 0. The van der Waals surface area contributed by atoms with E-state index in [1.807, 2.05) is 20.8 Å². The van der Waals surface area contributed by atoms with Crippen LogP contribution in [0.25, 0.3) is 0 Å². The van der Waals surface area contributed by atoms with Crippen LogP contribution in [0.4, 0.5) is 0 Å². The Hall–Kier alpha value is -0.150. The van der Waals surface area contributed by atoms with Crippen LogP contribution in [0.15, 0.2) is 30.3 Å². The standard InChI is InChI=1S/C20H34O6S.Na/c1-8-24-17(25-9-2)20(27(21,22)23,19(6,7)15-18(3,4)5)26-16-13-11-10-12-14-16;/h10-14,17H,8-9,15H2,1-7H3,(H,21,22,23);/q;+1/p-1. The average Bonchev–Trinajstić information content (AvgIpc) is 2.49. The van der Waals surface area contributed by atoms with Crippen molar-refractivity contribution in [2.24, 2.45) is 10.8 Å². The van der Waals surface area contributed by atoms with Crippen molar-refractivity contribution in [3.05, 3.63) is 30.3 Å². The van der Waals surface area contributed by atoms with Crippen molar-refractivity contribution in [2.45, 2.75) is 66.1 Å². The molecule has 1 aromatic rings. The first-order valence-electron chi connectivity index (χ1n) is 9.23. The Bertz CT molecular complexity index is 678. The third-order valence-electron chi connectivity index (χ3n) is 4.25. The molecule has 1 atom stereocenters. The van der Waals surface area contributed by atoms with Crippen molar-refractivity contribution in [3.8, 4) is 5.75 Å². The Kier molecular flexibility index (Phi) is 10.7. The number of benzene rings is 1. The molecule has 28 heavy (non-hydrogen) atoms. The summed E-state index contributed by atoms with van der Waals surface area (Å²) in [7, 11) is -5.02. The van der Waals surface area contributed by atoms with Crippen LogP contribution in [-0.2, 0) is 19.6 Å². The molecule has 1 aromatic carbocycles. The van der Waals surface area contributed by atoms with Gasteiger partial charge in [0.25, 0.3) is 4.93 Å². The van der Waals surface area contributed by atoms with Gasteiger partial charge in [-0.15, -0.1) is 0 Å². The van der Waals surface area contributed by atoms with Crippen LogP contribution < -0.4 is 34.3 Å². The van der Waals surface area contributed by atoms with E-state index in [1.54, 1.807) is 58.0 Å². The normalized spacial score (nSPS) is 15.0. The fourth-order valence-corrected chi connectivity index (χ4v) is 5.01. The van der Waals surface area contributed by atoms with Gasteiger partial charge in [-0.3, -0.25) is 0 Å². The van der Waals surface area contributed by atoms with Crippen molar-refractivity contribution >= 4 is 10.1 Å². The second-order valence-corrected chi connectivity index (χ2v) is 9.92. The second-order valence-electron chi connectivity index (χ2n) is 8.40. The summed E-state index contributed by atoms with van der Waals surface area (Å²) in [6.45, 7) is 13.1.